The smallest absolute Gasteiger partial charge is 0.231 e. The second-order valence-electron chi connectivity index (χ2n) is 6.95. The van der Waals surface area contributed by atoms with Gasteiger partial charge in [0.25, 0.3) is 0 Å². The molecule has 0 aliphatic carbocycles. The highest BCUT2D eigenvalue weighted by Gasteiger charge is 2.26. The molecule has 2 N–H and O–H groups in total. The van der Waals surface area contributed by atoms with Crippen LogP contribution >= 0.6 is 11.3 Å². The molecular formula is C19H21N7S. The van der Waals surface area contributed by atoms with Gasteiger partial charge in [-0.1, -0.05) is 6.92 Å². The molecule has 1 saturated heterocycles. The Morgan fingerprint density at radius 2 is 2.22 bits per heavy atom. The minimum absolute atomic E-state index is 0.464. The summed E-state index contributed by atoms with van der Waals surface area (Å²) in [5.74, 6) is 2.45. The Labute approximate surface area is 160 Å². The highest BCUT2D eigenvalue weighted by molar-refractivity contribution is 7.16. The first kappa shape index (κ1) is 16.4. The fourth-order valence-corrected chi connectivity index (χ4v) is 4.38. The lowest BCUT2D eigenvalue weighted by Crippen LogP contribution is -2.27. The van der Waals surface area contributed by atoms with Crippen LogP contribution in [0.3, 0.4) is 0 Å². The zero-order valence-electron chi connectivity index (χ0n) is 15.4. The minimum Gasteiger partial charge on any atom is -0.352 e. The van der Waals surface area contributed by atoms with Gasteiger partial charge in [0, 0.05) is 24.7 Å². The second kappa shape index (κ2) is 6.45. The number of imidazole rings is 1. The first-order valence-electron chi connectivity index (χ1n) is 9.35. The van der Waals surface area contributed by atoms with E-state index in [9.17, 15) is 0 Å². The number of benzene rings is 1. The maximum absolute atomic E-state index is 4.85. The van der Waals surface area contributed by atoms with E-state index in [0.29, 0.717) is 12.0 Å². The second-order valence-corrected chi connectivity index (χ2v) is 7.84. The maximum Gasteiger partial charge on any atom is 0.231 e. The lowest BCUT2D eigenvalue weighted by molar-refractivity contribution is 0.728. The van der Waals surface area contributed by atoms with Crippen molar-refractivity contribution in [2.24, 2.45) is 0 Å². The Bertz CT molecular complexity index is 1120. The number of nitrogens with zero attached hydrogens (tertiary/aromatic N) is 5. The van der Waals surface area contributed by atoms with Gasteiger partial charge >= 0.3 is 0 Å². The largest absolute Gasteiger partial charge is 0.352 e. The molecule has 1 unspecified atom stereocenters. The predicted octanol–water partition coefficient (Wildman–Crippen LogP) is 4.26. The molecule has 1 fully saturated rings. The summed E-state index contributed by atoms with van der Waals surface area (Å²) in [5.41, 5.74) is 5.48. The van der Waals surface area contributed by atoms with Crippen LogP contribution in [0.25, 0.3) is 21.4 Å². The fourth-order valence-electron chi connectivity index (χ4n) is 3.67. The van der Waals surface area contributed by atoms with E-state index in [1.165, 1.54) is 12.8 Å². The van der Waals surface area contributed by atoms with Gasteiger partial charge in [-0.15, -0.1) is 11.3 Å². The molecule has 4 heterocycles. The van der Waals surface area contributed by atoms with Crippen molar-refractivity contribution in [3.63, 3.8) is 0 Å². The first-order chi connectivity index (χ1) is 13.2. The number of hydrogen-bond donors (Lipinski definition) is 2. The Hall–Kier alpha value is -2.74. The standard InChI is InChI=1S/C19H21N7S/c1-3-15-22-16-17(23-15)24-19(25-18(16)26-8-4-5-11(26)2)21-12-6-7-13-14(9-12)27-10-20-13/h6-7,9-11H,3-5,8H2,1-2H3,(H2,21,22,23,24,25). The summed E-state index contributed by atoms with van der Waals surface area (Å²) in [4.78, 5) is 24.3. The van der Waals surface area contributed by atoms with E-state index in [4.69, 9.17) is 9.97 Å². The molecule has 1 aromatic carbocycles. The van der Waals surface area contributed by atoms with Crippen molar-refractivity contribution >= 4 is 50.2 Å². The van der Waals surface area contributed by atoms with E-state index in [1.807, 2.05) is 17.6 Å². The van der Waals surface area contributed by atoms with E-state index >= 15 is 0 Å². The molecule has 5 rings (SSSR count). The monoisotopic (exact) mass is 379 g/mol. The molecule has 0 radical (unpaired) electrons. The van der Waals surface area contributed by atoms with Crippen LogP contribution < -0.4 is 10.2 Å². The maximum atomic E-state index is 4.85. The van der Waals surface area contributed by atoms with Crippen LogP contribution in [0.5, 0.6) is 0 Å². The van der Waals surface area contributed by atoms with Crippen LogP contribution in [0, 0.1) is 0 Å². The summed E-state index contributed by atoms with van der Waals surface area (Å²) < 4.78 is 1.14. The number of aryl methyl sites for hydroxylation is 1. The molecule has 27 heavy (non-hydrogen) atoms. The van der Waals surface area contributed by atoms with Crippen LogP contribution in [-0.4, -0.2) is 37.5 Å². The van der Waals surface area contributed by atoms with Gasteiger partial charge in [0.15, 0.2) is 17.0 Å². The molecule has 1 atom stereocenters. The van der Waals surface area contributed by atoms with Crippen molar-refractivity contribution in [1.29, 1.82) is 0 Å². The number of rotatable bonds is 4. The van der Waals surface area contributed by atoms with Crippen LogP contribution in [0.4, 0.5) is 17.5 Å². The molecule has 0 spiro atoms. The normalized spacial score (nSPS) is 17.3. The van der Waals surface area contributed by atoms with Gasteiger partial charge in [-0.05, 0) is 38.0 Å². The summed E-state index contributed by atoms with van der Waals surface area (Å²) in [6.45, 7) is 5.35. The Morgan fingerprint density at radius 1 is 1.30 bits per heavy atom. The third-order valence-electron chi connectivity index (χ3n) is 5.12. The van der Waals surface area contributed by atoms with Crippen LogP contribution in [-0.2, 0) is 6.42 Å². The molecule has 1 aliphatic heterocycles. The highest BCUT2D eigenvalue weighted by atomic mass is 32.1. The molecule has 1 aliphatic rings. The number of aromatic amines is 1. The van der Waals surface area contributed by atoms with Crippen molar-refractivity contribution in [1.82, 2.24) is 24.9 Å². The van der Waals surface area contributed by atoms with Crippen molar-refractivity contribution in [3.05, 3.63) is 29.5 Å². The van der Waals surface area contributed by atoms with Crippen molar-refractivity contribution in [2.45, 2.75) is 39.2 Å². The SMILES string of the molecule is CCc1nc2c(N3CCCC3C)nc(Nc3ccc4ncsc4c3)nc2[nH]1. The molecule has 138 valence electrons. The van der Waals surface area contributed by atoms with E-state index < -0.39 is 0 Å². The number of aromatic nitrogens is 5. The average Bonchev–Trinajstić information content (AvgIpc) is 3.39. The van der Waals surface area contributed by atoms with Gasteiger partial charge in [0.05, 0.1) is 15.7 Å². The third kappa shape index (κ3) is 2.90. The number of anilines is 3. The van der Waals surface area contributed by atoms with Gasteiger partial charge < -0.3 is 15.2 Å². The van der Waals surface area contributed by atoms with E-state index in [1.54, 1.807) is 11.3 Å². The number of hydrogen-bond acceptors (Lipinski definition) is 7. The molecule has 7 nitrogen and oxygen atoms in total. The molecule has 8 heteroatoms. The average molecular weight is 379 g/mol. The predicted molar refractivity (Wildman–Crippen MR) is 110 cm³/mol. The van der Waals surface area contributed by atoms with Gasteiger partial charge in [-0.3, -0.25) is 0 Å². The summed E-state index contributed by atoms with van der Waals surface area (Å²) >= 11 is 1.63. The number of nitrogens with one attached hydrogen (secondary N) is 2. The van der Waals surface area contributed by atoms with Crippen molar-refractivity contribution < 1.29 is 0 Å². The summed E-state index contributed by atoms with van der Waals surface area (Å²) in [7, 11) is 0. The van der Waals surface area contributed by atoms with E-state index in [-0.39, 0.29) is 0 Å². The highest BCUT2D eigenvalue weighted by Crippen LogP contribution is 2.31. The van der Waals surface area contributed by atoms with Crippen molar-refractivity contribution in [2.75, 3.05) is 16.8 Å². The molecule has 4 aromatic rings. The van der Waals surface area contributed by atoms with Crippen LogP contribution in [0.15, 0.2) is 23.7 Å². The fraction of sp³-hybridized carbons (Fsp3) is 0.368. The summed E-state index contributed by atoms with van der Waals surface area (Å²) in [5, 5.41) is 3.37. The van der Waals surface area contributed by atoms with E-state index in [0.717, 1.165) is 51.7 Å². The molecule has 0 saturated carbocycles. The van der Waals surface area contributed by atoms with Crippen LogP contribution in [0.1, 0.15) is 32.5 Å². The zero-order chi connectivity index (χ0) is 18.4. The number of thiazole rings is 1. The number of fused-ring (bicyclic) bond motifs is 2. The lowest BCUT2D eigenvalue weighted by atomic mass is 10.2. The zero-order valence-corrected chi connectivity index (χ0v) is 16.2. The molecule has 0 bridgehead atoms. The van der Waals surface area contributed by atoms with Gasteiger partial charge in [0.1, 0.15) is 5.82 Å². The quantitative estimate of drug-likeness (QED) is 0.551. The molecule has 3 aromatic heterocycles. The topological polar surface area (TPSA) is 82.6 Å². The lowest BCUT2D eigenvalue weighted by Gasteiger charge is -2.23. The molecule has 0 amide bonds. The van der Waals surface area contributed by atoms with Crippen molar-refractivity contribution in [3.8, 4) is 0 Å². The van der Waals surface area contributed by atoms with Gasteiger partial charge in [0.2, 0.25) is 5.95 Å². The Balaban J connectivity index is 1.58. The van der Waals surface area contributed by atoms with Gasteiger partial charge in [-0.2, -0.15) is 9.97 Å². The minimum atomic E-state index is 0.464. The Kier molecular flexibility index (Phi) is 3.93. The molecular weight excluding hydrogens is 358 g/mol. The first-order valence-corrected chi connectivity index (χ1v) is 10.2. The Morgan fingerprint density at radius 3 is 3.04 bits per heavy atom. The van der Waals surface area contributed by atoms with Gasteiger partial charge in [-0.25, -0.2) is 9.97 Å². The summed E-state index contributed by atoms with van der Waals surface area (Å²) in [6, 6.07) is 6.58. The number of H-pyrrole nitrogens is 1. The van der Waals surface area contributed by atoms with Crippen LogP contribution in [0.2, 0.25) is 0 Å². The van der Waals surface area contributed by atoms with E-state index in [2.05, 4.69) is 45.1 Å². The third-order valence-corrected chi connectivity index (χ3v) is 5.91. The summed E-state index contributed by atoms with van der Waals surface area (Å²) in [6.07, 6.45) is 3.21.